The fourth-order valence-corrected chi connectivity index (χ4v) is 4.65. The number of ether oxygens (including phenoxy) is 1. The first-order valence-electron chi connectivity index (χ1n) is 10.6. The Bertz CT molecular complexity index is 822. The molecule has 3 aliphatic heterocycles. The molecular formula is C22H29N3O4. The van der Waals surface area contributed by atoms with Crippen LogP contribution in [0.15, 0.2) is 18.2 Å². The second kappa shape index (κ2) is 8.24. The van der Waals surface area contributed by atoms with Gasteiger partial charge in [0, 0.05) is 43.6 Å². The van der Waals surface area contributed by atoms with Crippen LogP contribution in [0, 0.1) is 0 Å². The normalized spacial score (nSPS) is 27.3. The summed E-state index contributed by atoms with van der Waals surface area (Å²) in [4.78, 5) is 38.0. The molecule has 3 aliphatic rings. The summed E-state index contributed by atoms with van der Waals surface area (Å²) in [5.74, 6) is -0.773. The van der Waals surface area contributed by atoms with Gasteiger partial charge in [-0.2, -0.15) is 0 Å². The van der Waals surface area contributed by atoms with Crippen LogP contribution in [0.1, 0.15) is 61.0 Å². The van der Waals surface area contributed by atoms with Crippen LogP contribution in [0.25, 0.3) is 0 Å². The molecular weight excluding hydrogens is 370 g/mol. The van der Waals surface area contributed by atoms with E-state index in [2.05, 4.69) is 30.5 Å². The second-order valence-electron chi connectivity index (χ2n) is 8.57. The van der Waals surface area contributed by atoms with Gasteiger partial charge >= 0.3 is 0 Å². The molecule has 0 spiro atoms. The van der Waals surface area contributed by atoms with Gasteiger partial charge in [0.2, 0.25) is 11.8 Å². The molecule has 4 rings (SSSR count). The molecule has 29 heavy (non-hydrogen) atoms. The fourth-order valence-electron chi connectivity index (χ4n) is 4.65. The van der Waals surface area contributed by atoms with E-state index in [1.807, 2.05) is 12.1 Å². The highest BCUT2D eigenvalue weighted by molar-refractivity contribution is 6.05. The average Bonchev–Trinajstić information content (AvgIpc) is 2.99. The van der Waals surface area contributed by atoms with Crippen LogP contribution in [0.4, 0.5) is 0 Å². The van der Waals surface area contributed by atoms with Crippen molar-refractivity contribution in [2.75, 3.05) is 6.61 Å². The molecule has 1 unspecified atom stereocenters. The Hall–Kier alpha value is -2.25. The van der Waals surface area contributed by atoms with Gasteiger partial charge in [-0.15, -0.1) is 0 Å². The lowest BCUT2D eigenvalue weighted by Gasteiger charge is -2.34. The molecule has 3 atom stereocenters. The third-order valence-corrected chi connectivity index (χ3v) is 6.01. The van der Waals surface area contributed by atoms with E-state index in [0.29, 0.717) is 30.6 Å². The minimum Gasteiger partial charge on any atom is -0.376 e. The molecule has 0 radical (unpaired) electrons. The Morgan fingerprint density at radius 2 is 2.07 bits per heavy atom. The maximum atomic E-state index is 12.8. The Labute approximate surface area is 171 Å². The predicted octanol–water partition coefficient (Wildman–Crippen LogP) is 1.54. The van der Waals surface area contributed by atoms with Crippen LogP contribution in [0.5, 0.6) is 0 Å². The van der Waals surface area contributed by atoms with E-state index in [4.69, 9.17) is 4.74 Å². The number of rotatable bonds is 5. The summed E-state index contributed by atoms with van der Waals surface area (Å²) >= 11 is 0. The van der Waals surface area contributed by atoms with Crippen LogP contribution in [-0.2, 0) is 27.3 Å². The molecule has 2 N–H and O–H groups in total. The van der Waals surface area contributed by atoms with Gasteiger partial charge in [-0.1, -0.05) is 26.0 Å². The molecule has 156 valence electrons. The molecule has 3 heterocycles. The van der Waals surface area contributed by atoms with E-state index in [1.165, 1.54) is 0 Å². The van der Waals surface area contributed by atoms with Crippen molar-refractivity contribution in [1.29, 1.82) is 0 Å². The van der Waals surface area contributed by atoms with Crippen molar-refractivity contribution in [1.82, 2.24) is 15.5 Å². The number of hydrogen-bond donors (Lipinski definition) is 2. The zero-order valence-electron chi connectivity index (χ0n) is 17.1. The zero-order chi connectivity index (χ0) is 20.5. The van der Waals surface area contributed by atoms with E-state index in [0.717, 1.165) is 37.0 Å². The van der Waals surface area contributed by atoms with E-state index in [9.17, 15) is 14.4 Å². The number of nitrogens with one attached hydrogen (secondary N) is 2. The monoisotopic (exact) mass is 399 g/mol. The van der Waals surface area contributed by atoms with Gasteiger partial charge in [-0.25, -0.2) is 0 Å². The van der Waals surface area contributed by atoms with Gasteiger partial charge in [0.25, 0.3) is 5.91 Å². The Morgan fingerprint density at radius 1 is 1.24 bits per heavy atom. The van der Waals surface area contributed by atoms with E-state index in [1.54, 1.807) is 4.90 Å². The maximum Gasteiger partial charge on any atom is 0.255 e. The van der Waals surface area contributed by atoms with Crippen LogP contribution in [-0.4, -0.2) is 53.5 Å². The summed E-state index contributed by atoms with van der Waals surface area (Å²) in [5.41, 5.74) is 2.74. The summed E-state index contributed by atoms with van der Waals surface area (Å²) in [5, 5.41) is 5.95. The average molecular weight is 399 g/mol. The highest BCUT2D eigenvalue weighted by atomic mass is 16.5. The molecule has 1 aromatic carbocycles. The van der Waals surface area contributed by atoms with E-state index >= 15 is 0 Å². The largest absolute Gasteiger partial charge is 0.376 e. The van der Waals surface area contributed by atoms with E-state index in [-0.39, 0.29) is 30.2 Å². The second-order valence-corrected chi connectivity index (χ2v) is 8.57. The smallest absolute Gasteiger partial charge is 0.255 e. The summed E-state index contributed by atoms with van der Waals surface area (Å²) in [6, 6.07) is 6.10. The van der Waals surface area contributed by atoms with Crippen molar-refractivity contribution >= 4 is 17.7 Å². The minimum atomic E-state index is -0.572. The lowest BCUT2D eigenvalue weighted by atomic mass is 9.94. The molecule has 3 amide bonds. The number of carbonyl (C=O) groups is 3. The summed E-state index contributed by atoms with van der Waals surface area (Å²) in [6.45, 7) is 5.49. The Kier molecular flexibility index (Phi) is 5.69. The van der Waals surface area contributed by atoms with Gasteiger partial charge in [0.05, 0.1) is 6.10 Å². The fraction of sp³-hybridized carbons (Fsp3) is 0.591. The van der Waals surface area contributed by atoms with Crippen LogP contribution < -0.4 is 10.6 Å². The van der Waals surface area contributed by atoms with Gasteiger partial charge in [-0.3, -0.25) is 19.7 Å². The lowest BCUT2D eigenvalue weighted by Crippen LogP contribution is -2.52. The molecule has 7 nitrogen and oxygen atoms in total. The van der Waals surface area contributed by atoms with Crippen LogP contribution in [0.2, 0.25) is 0 Å². The summed E-state index contributed by atoms with van der Waals surface area (Å²) in [6.07, 6.45) is 3.74. The summed E-state index contributed by atoms with van der Waals surface area (Å²) < 4.78 is 6.05. The van der Waals surface area contributed by atoms with Crippen molar-refractivity contribution in [3.05, 3.63) is 34.9 Å². The number of amides is 3. The molecule has 2 saturated heterocycles. The highest BCUT2D eigenvalue weighted by Crippen LogP contribution is 2.29. The Balaban J connectivity index is 1.47. The van der Waals surface area contributed by atoms with Crippen molar-refractivity contribution in [3.63, 3.8) is 0 Å². The minimum absolute atomic E-state index is 0.118. The van der Waals surface area contributed by atoms with Gasteiger partial charge < -0.3 is 15.0 Å². The molecule has 7 heteroatoms. The summed E-state index contributed by atoms with van der Waals surface area (Å²) in [7, 11) is 0. The third kappa shape index (κ3) is 4.21. The number of benzene rings is 1. The molecule has 0 saturated carbocycles. The van der Waals surface area contributed by atoms with E-state index < -0.39 is 6.04 Å². The molecule has 2 fully saturated rings. The predicted molar refractivity (Wildman–Crippen MR) is 107 cm³/mol. The molecule has 0 aromatic heterocycles. The first kappa shape index (κ1) is 20.0. The Morgan fingerprint density at radius 3 is 2.83 bits per heavy atom. The van der Waals surface area contributed by atoms with Gasteiger partial charge in [0.15, 0.2) is 0 Å². The SMILES string of the molecule is CC(C)N[C@H]1CCCO[C@@H]1Cc1ccc2c(c1)CN(C1CCC(=O)NC1=O)C2=O. The highest BCUT2D eigenvalue weighted by Gasteiger charge is 2.39. The first-order valence-corrected chi connectivity index (χ1v) is 10.6. The number of piperidine rings is 1. The number of fused-ring (bicyclic) bond motifs is 1. The number of hydrogen-bond acceptors (Lipinski definition) is 5. The molecule has 1 aromatic rings. The zero-order valence-corrected chi connectivity index (χ0v) is 17.1. The first-order chi connectivity index (χ1) is 13.9. The maximum absolute atomic E-state index is 12.8. The lowest BCUT2D eigenvalue weighted by molar-refractivity contribution is -0.136. The third-order valence-electron chi connectivity index (χ3n) is 6.01. The van der Waals surface area contributed by atoms with Crippen molar-refractivity contribution in [2.45, 2.75) is 76.7 Å². The number of carbonyl (C=O) groups excluding carboxylic acids is 3. The van der Waals surface area contributed by atoms with Crippen molar-refractivity contribution in [3.8, 4) is 0 Å². The number of nitrogens with zero attached hydrogens (tertiary/aromatic N) is 1. The quantitative estimate of drug-likeness (QED) is 0.734. The van der Waals surface area contributed by atoms with Crippen molar-refractivity contribution in [2.24, 2.45) is 0 Å². The molecule has 0 bridgehead atoms. The van der Waals surface area contributed by atoms with Crippen molar-refractivity contribution < 1.29 is 19.1 Å². The van der Waals surface area contributed by atoms with Gasteiger partial charge in [0.1, 0.15) is 6.04 Å². The number of imide groups is 1. The van der Waals surface area contributed by atoms with Crippen LogP contribution in [0.3, 0.4) is 0 Å². The van der Waals surface area contributed by atoms with Crippen LogP contribution >= 0.6 is 0 Å². The standard InChI is InChI=1S/C22H29N3O4/c1-13(2)23-17-4-3-9-29-19(17)11-14-5-6-16-15(10-14)12-25(22(16)28)18-7-8-20(26)24-21(18)27/h5-6,10,13,17-19,23H,3-4,7-9,11-12H2,1-2H3,(H,24,26,27)/t17-,18?,19+/m0/s1. The topological polar surface area (TPSA) is 87.7 Å². The molecule has 0 aliphatic carbocycles. The van der Waals surface area contributed by atoms with Gasteiger partial charge in [-0.05, 0) is 36.5 Å².